The Morgan fingerprint density at radius 3 is 2.17 bits per heavy atom. The molecule has 0 heterocycles. The van der Waals surface area contributed by atoms with Gasteiger partial charge in [0.15, 0.2) is 12.5 Å². The van der Waals surface area contributed by atoms with Crippen LogP contribution < -0.4 is 15.4 Å². The second kappa shape index (κ2) is 8.79. The second-order valence-electron chi connectivity index (χ2n) is 6.36. The number of carbonyl (C=O) groups excluding carboxylic acids is 1. The van der Waals surface area contributed by atoms with Gasteiger partial charge in [-0.05, 0) is 55.5 Å². The van der Waals surface area contributed by atoms with E-state index >= 15 is 0 Å². The second-order valence-corrected chi connectivity index (χ2v) is 8.31. The first-order valence-electron chi connectivity index (χ1n) is 9.01. The first kappa shape index (κ1) is 20.4. The number of benzene rings is 3. The molecule has 0 fully saturated rings. The lowest BCUT2D eigenvalue weighted by Crippen LogP contribution is -2.10. The van der Waals surface area contributed by atoms with Crippen LogP contribution in [0.15, 0.2) is 82.6 Å². The fourth-order valence-electron chi connectivity index (χ4n) is 2.74. The van der Waals surface area contributed by atoms with Crippen molar-refractivity contribution in [1.82, 2.24) is 0 Å². The molecule has 6 nitrogen and oxygen atoms in total. The Morgan fingerprint density at radius 2 is 1.52 bits per heavy atom. The molecule has 0 unspecified atom stereocenters. The molecular formula is C22H22N2O4S. The minimum Gasteiger partial charge on any atom is -0.473 e. The minimum absolute atomic E-state index is 0.0383. The van der Waals surface area contributed by atoms with Crippen LogP contribution in [0.4, 0.5) is 11.4 Å². The van der Waals surface area contributed by atoms with E-state index in [4.69, 9.17) is 4.74 Å². The van der Waals surface area contributed by atoms with Crippen molar-refractivity contribution in [2.45, 2.75) is 16.7 Å². The zero-order chi connectivity index (χ0) is 20.9. The third-order valence-electron chi connectivity index (χ3n) is 4.33. The molecule has 0 aliphatic heterocycles. The van der Waals surface area contributed by atoms with Crippen LogP contribution >= 0.6 is 0 Å². The van der Waals surface area contributed by atoms with E-state index in [1.54, 1.807) is 79.8 Å². The van der Waals surface area contributed by atoms with Gasteiger partial charge in [-0.25, -0.2) is 8.42 Å². The van der Waals surface area contributed by atoms with E-state index in [0.717, 1.165) is 5.69 Å². The molecule has 0 spiro atoms. The number of Topliss-reactive ketones (excluding diaryl/α,β-unsaturated/α-hetero) is 1. The maximum atomic E-state index is 12.9. The molecule has 0 radical (unpaired) electrons. The molecule has 0 saturated heterocycles. The average molecular weight is 410 g/mol. The lowest BCUT2D eigenvalue weighted by Gasteiger charge is -2.11. The van der Waals surface area contributed by atoms with E-state index in [9.17, 15) is 13.2 Å². The third kappa shape index (κ3) is 4.94. The molecule has 7 heteroatoms. The minimum atomic E-state index is -3.64. The Morgan fingerprint density at radius 1 is 0.897 bits per heavy atom. The maximum Gasteiger partial charge on any atom is 0.206 e. The van der Waals surface area contributed by atoms with Crippen molar-refractivity contribution >= 4 is 27.0 Å². The standard InChI is InChI=1S/C22H22N2O4S/c1-16(25)17-6-3-9-20(12-17)28-15-24-19-8-5-11-22(14-19)29(26,27)21-10-4-7-18(13-21)23-2/h3-14,23-24H,15H2,1-2H3. The van der Waals surface area contributed by atoms with Crippen molar-refractivity contribution in [2.75, 3.05) is 24.4 Å². The maximum absolute atomic E-state index is 12.9. The molecule has 0 bridgehead atoms. The van der Waals surface area contributed by atoms with Crippen molar-refractivity contribution in [2.24, 2.45) is 0 Å². The van der Waals surface area contributed by atoms with Gasteiger partial charge in [0.05, 0.1) is 9.79 Å². The van der Waals surface area contributed by atoms with Gasteiger partial charge in [-0.2, -0.15) is 0 Å². The Kier molecular flexibility index (Phi) is 6.19. The molecule has 0 aromatic heterocycles. The molecule has 3 rings (SSSR count). The van der Waals surface area contributed by atoms with Crippen molar-refractivity contribution in [3.05, 3.63) is 78.4 Å². The summed E-state index contributed by atoms with van der Waals surface area (Å²) in [6, 6.07) is 20.1. The quantitative estimate of drug-likeness (QED) is 0.427. The number of rotatable bonds is 8. The molecule has 0 amide bonds. The van der Waals surface area contributed by atoms with Gasteiger partial charge in [0, 0.05) is 24.0 Å². The molecule has 150 valence electrons. The fraction of sp³-hybridized carbons (Fsp3) is 0.136. The number of nitrogens with one attached hydrogen (secondary N) is 2. The van der Waals surface area contributed by atoms with E-state index in [0.29, 0.717) is 17.0 Å². The highest BCUT2D eigenvalue weighted by atomic mass is 32.2. The van der Waals surface area contributed by atoms with Gasteiger partial charge in [-0.1, -0.05) is 24.3 Å². The van der Waals surface area contributed by atoms with E-state index in [-0.39, 0.29) is 22.3 Å². The van der Waals surface area contributed by atoms with Crippen LogP contribution in [0.25, 0.3) is 0 Å². The normalized spacial score (nSPS) is 11.0. The SMILES string of the molecule is CNc1cccc(S(=O)(=O)c2cccc(NCOc3cccc(C(C)=O)c3)c2)c1. The molecule has 2 N–H and O–H groups in total. The van der Waals surface area contributed by atoms with Gasteiger partial charge < -0.3 is 15.4 Å². The first-order valence-corrected chi connectivity index (χ1v) is 10.5. The van der Waals surface area contributed by atoms with E-state index in [1.807, 2.05) is 0 Å². The number of ketones is 1. The summed E-state index contributed by atoms with van der Waals surface area (Å²) < 4.78 is 31.5. The van der Waals surface area contributed by atoms with Crippen molar-refractivity contribution in [3.8, 4) is 5.75 Å². The summed E-state index contributed by atoms with van der Waals surface area (Å²) in [4.78, 5) is 11.9. The summed E-state index contributed by atoms with van der Waals surface area (Å²) in [7, 11) is -1.91. The summed E-state index contributed by atoms with van der Waals surface area (Å²) in [6.07, 6.45) is 0. The van der Waals surface area contributed by atoms with Crippen LogP contribution in [0.2, 0.25) is 0 Å². The summed E-state index contributed by atoms with van der Waals surface area (Å²) in [6.45, 7) is 1.62. The van der Waals surface area contributed by atoms with Crippen LogP contribution in [-0.2, 0) is 9.84 Å². The van der Waals surface area contributed by atoms with E-state index < -0.39 is 9.84 Å². The highest BCUT2D eigenvalue weighted by Crippen LogP contribution is 2.25. The van der Waals surface area contributed by atoms with Crippen molar-refractivity contribution in [3.63, 3.8) is 0 Å². The Labute approximate surface area is 170 Å². The van der Waals surface area contributed by atoms with Gasteiger partial charge in [0.1, 0.15) is 5.75 Å². The van der Waals surface area contributed by atoms with Crippen LogP contribution in [0.3, 0.4) is 0 Å². The molecule has 29 heavy (non-hydrogen) atoms. The van der Waals surface area contributed by atoms with E-state index in [1.165, 1.54) is 6.92 Å². The average Bonchev–Trinajstić information content (AvgIpc) is 2.74. The molecule has 3 aromatic rings. The molecular weight excluding hydrogens is 388 g/mol. The van der Waals surface area contributed by atoms with Crippen LogP contribution in [0.1, 0.15) is 17.3 Å². The number of hydrogen-bond donors (Lipinski definition) is 2. The number of ether oxygens (including phenoxy) is 1. The summed E-state index contributed by atoms with van der Waals surface area (Å²) >= 11 is 0. The van der Waals surface area contributed by atoms with Crippen LogP contribution in [-0.4, -0.2) is 28.0 Å². The summed E-state index contributed by atoms with van der Waals surface area (Å²) in [5, 5.41) is 5.99. The lowest BCUT2D eigenvalue weighted by molar-refractivity contribution is 0.101. The zero-order valence-corrected chi connectivity index (χ0v) is 17.0. The van der Waals surface area contributed by atoms with Crippen molar-refractivity contribution < 1.29 is 17.9 Å². The number of sulfone groups is 1. The van der Waals surface area contributed by atoms with Crippen LogP contribution in [0, 0.1) is 0 Å². The Bertz CT molecular complexity index is 1130. The topological polar surface area (TPSA) is 84.5 Å². The molecule has 0 aliphatic carbocycles. The van der Waals surface area contributed by atoms with Gasteiger partial charge in [-0.15, -0.1) is 0 Å². The highest BCUT2D eigenvalue weighted by Gasteiger charge is 2.18. The Balaban J connectivity index is 1.72. The largest absolute Gasteiger partial charge is 0.473 e. The predicted octanol–water partition coefficient (Wildman–Crippen LogP) is 4.21. The van der Waals surface area contributed by atoms with Gasteiger partial charge >= 0.3 is 0 Å². The number of anilines is 2. The predicted molar refractivity (Wildman–Crippen MR) is 113 cm³/mol. The monoisotopic (exact) mass is 410 g/mol. The molecule has 3 aromatic carbocycles. The van der Waals surface area contributed by atoms with Gasteiger partial charge in [0.2, 0.25) is 9.84 Å². The molecule has 0 atom stereocenters. The first-order chi connectivity index (χ1) is 13.9. The van der Waals surface area contributed by atoms with Crippen LogP contribution in [0.5, 0.6) is 5.75 Å². The fourth-order valence-corrected chi connectivity index (χ4v) is 4.09. The van der Waals surface area contributed by atoms with Crippen molar-refractivity contribution in [1.29, 1.82) is 0 Å². The lowest BCUT2D eigenvalue weighted by atomic mass is 10.1. The summed E-state index contributed by atoms with van der Waals surface area (Å²) in [5.41, 5.74) is 1.90. The van der Waals surface area contributed by atoms with Gasteiger partial charge in [-0.3, -0.25) is 4.79 Å². The molecule has 0 saturated carbocycles. The van der Waals surface area contributed by atoms with Gasteiger partial charge in [0.25, 0.3) is 0 Å². The zero-order valence-electron chi connectivity index (χ0n) is 16.2. The number of carbonyl (C=O) groups is 1. The van der Waals surface area contributed by atoms with E-state index in [2.05, 4.69) is 10.6 Å². The molecule has 0 aliphatic rings. The smallest absolute Gasteiger partial charge is 0.206 e. The number of hydrogen-bond acceptors (Lipinski definition) is 6. The summed E-state index contributed by atoms with van der Waals surface area (Å²) in [5.74, 6) is 0.515. The third-order valence-corrected chi connectivity index (χ3v) is 6.08. The Hall–Kier alpha value is -3.32. The highest BCUT2D eigenvalue weighted by molar-refractivity contribution is 7.91.